The molecule has 1 heterocycles. The second kappa shape index (κ2) is 5.32. The third kappa shape index (κ3) is 2.48. The van der Waals surface area contributed by atoms with Gasteiger partial charge in [-0.15, -0.1) is 10.2 Å². The number of para-hydroxylation sites is 1. The van der Waals surface area contributed by atoms with Crippen molar-refractivity contribution in [3.05, 3.63) is 41.5 Å². The SMILES string of the molecule is Cc1cccc(C#N)c1NCCc1nncn1C. The Kier molecular flexibility index (Phi) is 3.58. The van der Waals surface area contributed by atoms with Crippen LogP contribution < -0.4 is 5.32 Å². The summed E-state index contributed by atoms with van der Waals surface area (Å²) in [5.74, 6) is 0.926. The molecule has 5 nitrogen and oxygen atoms in total. The van der Waals surface area contributed by atoms with Crippen LogP contribution >= 0.6 is 0 Å². The molecule has 0 atom stereocenters. The van der Waals surface area contributed by atoms with E-state index in [1.54, 1.807) is 6.33 Å². The van der Waals surface area contributed by atoms with Gasteiger partial charge in [-0.1, -0.05) is 12.1 Å². The summed E-state index contributed by atoms with van der Waals surface area (Å²) in [7, 11) is 1.92. The lowest BCUT2D eigenvalue weighted by Crippen LogP contribution is -2.10. The van der Waals surface area contributed by atoms with Crippen LogP contribution in [0, 0.1) is 18.3 Å². The molecule has 18 heavy (non-hydrogen) atoms. The number of aromatic nitrogens is 3. The smallest absolute Gasteiger partial charge is 0.134 e. The fraction of sp³-hybridized carbons (Fsp3) is 0.308. The zero-order chi connectivity index (χ0) is 13.0. The van der Waals surface area contributed by atoms with E-state index in [-0.39, 0.29) is 0 Å². The number of aryl methyl sites for hydroxylation is 2. The summed E-state index contributed by atoms with van der Waals surface area (Å²) in [6, 6.07) is 7.90. The van der Waals surface area contributed by atoms with Crippen LogP contribution in [0.4, 0.5) is 5.69 Å². The molecule has 0 amide bonds. The summed E-state index contributed by atoms with van der Waals surface area (Å²) in [6.07, 6.45) is 2.46. The number of rotatable bonds is 4. The first kappa shape index (κ1) is 12.1. The maximum atomic E-state index is 9.05. The van der Waals surface area contributed by atoms with Crippen molar-refractivity contribution in [1.82, 2.24) is 14.8 Å². The van der Waals surface area contributed by atoms with Gasteiger partial charge in [0.1, 0.15) is 18.2 Å². The second-order valence-corrected chi connectivity index (χ2v) is 4.14. The van der Waals surface area contributed by atoms with Gasteiger partial charge in [0.25, 0.3) is 0 Å². The quantitative estimate of drug-likeness (QED) is 0.883. The van der Waals surface area contributed by atoms with Crippen LogP contribution in [0.1, 0.15) is 17.0 Å². The fourth-order valence-electron chi connectivity index (χ4n) is 1.83. The van der Waals surface area contributed by atoms with Crippen molar-refractivity contribution >= 4 is 5.69 Å². The Labute approximate surface area is 106 Å². The number of benzene rings is 1. The summed E-state index contributed by atoms with van der Waals surface area (Å²) in [6.45, 7) is 2.72. The lowest BCUT2D eigenvalue weighted by atomic mass is 10.1. The highest BCUT2D eigenvalue weighted by Crippen LogP contribution is 2.19. The number of nitrogens with zero attached hydrogens (tertiary/aromatic N) is 4. The van der Waals surface area contributed by atoms with E-state index in [0.717, 1.165) is 30.0 Å². The van der Waals surface area contributed by atoms with Crippen LogP contribution in [0.2, 0.25) is 0 Å². The van der Waals surface area contributed by atoms with E-state index in [0.29, 0.717) is 5.56 Å². The van der Waals surface area contributed by atoms with Gasteiger partial charge >= 0.3 is 0 Å². The van der Waals surface area contributed by atoms with Gasteiger partial charge in [0.2, 0.25) is 0 Å². The predicted molar refractivity (Wildman–Crippen MR) is 69.1 cm³/mol. The summed E-state index contributed by atoms with van der Waals surface area (Å²) in [5, 5.41) is 20.2. The molecule has 0 bridgehead atoms. The van der Waals surface area contributed by atoms with E-state index in [2.05, 4.69) is 21.6 Å². The Balaban J connectivity index is 2.03. The minimum Gasteiger partial charge on any atom is -0.383 e. The molecule has 0 fully saturated rings. The Morgan fingerprint density at radius 1 is 1.44 bits per heavy atom. The van der Waals surface area contributed by atoms with E-state index in [1.807, 2.05) is 36.7 Å². The first-order chi connectivity index (χ1) is 8.72. The van der Waals surface area contributed by atoms with Gasteiger partial charge in [-0.3, -0.25) is 0 Å². The highest BCUT2D eigenvalue weighted by Gasteiger charge is 2.05. The average molecular weight is 241 g/mol. The monoisotopic (exact) mass is 241 g/mol. The van der Waals surface area contributed by atoms with E-state index in [4.69, 9.17) is 5.26 Å². The molecule has 92 valence electrons. The van der Waals surface area contributed by atoms with Crippen LogP contribution in [0.5, 0.6) is 0 Å². The molecular formula is C13H15N5. The maximum absolute atomic E-state index is 9.05. The van der Waals surface area contributed by atoms with Crippen LogP contribution in [0.25, 0.3) is 0 Å². The minimum atomic E-state index is 0.674. The topological polar surface area (TPSA) is 66.5 Å². The summed E-state index contributed by atoms with van der Waals surface area (Å²) >= 11 is 0. The van der Waals surface area contributed by atoms with Gasteiger partial charge in [-0.25, -0.2) is 0 Å². The zero-order valence-electron chi connectivity index (χ0n) is 10.5. The predicted octanol–water partition coefficient (Wildman–Crippen LogP) is 1.65. The number of hydrogen-bond acceptors (Lipinski definition) is 4. The largest absolute Gasteiger partial charge is 0.383 e. The standard InChI is InChI=1S/C13H15N5/c1-10-4-3-5-11(8-14)13(10)15-7-6-12-17-16-9-18(12)2/h3-5,9,15H,6-7H2,1-2H3. The third-order valence-corrected chi connectivity index (χ3v) is 2.85. The average Bonchev–Trinajstić information content (AvgIpc) is 2.77. The highest BCUT2D eigenvalue weighted by molar-refractivity contribution is 5.62. The lowest BCUT2D eigenvalue weighted by molar-refractivity contribution is 0.788. The van der Waals surface area contributed by atoms with Gasteiger partial charge in [0.05, 0.1) is 11.3 Å². The van der Waals surface area contributed by atoms with Crippen molar-refractivity contribution in [2.45, 2.75) is 13.3 Å². The normalized spacial score (nSPS) is 10.1. The molecule has 1 N–H and O–H groups in total. The van der Waals surface area contributed by atoms with Crippen molar-refractivity contribution in [1.29, 1.82) is 5.26 Å². The number of hydrogen-bond donors (Lipinski definition) is 1. The first-order valence-electron chi connectivity index (χ1n) is 5.79. The minimum absolute atomic E-state index is 0.674. The summed E-state index contributed by atoms with van der Waals surface area (Å²) in [4.78, 5) is 0. The highest BCUT2D eigenvalue weighted by atomic mass is 15.2. The second-order valence-electron chi connectivity index (χ2n) is 4.14. The summed E-state index contributed by atoms with van der Waals surface area (Å²) in [5.41, 5.74) is 2.65. The van der Waals surface area contributed by atoms with Crippen molar-refractivity contribution in [3.63, 3.8) is 0 Å². The fourth-order valence-corrected chi connectivity index (χ4v) is 1.83. The molecule has 0 aliphatic heterocycles. The van der Waals surface area contributed by atoms with Crippen LogP contribution in [-0.4, -0.2) is 21.3 Å². The third-order valence-electron chi connectivity index (χ3n) is 2.85. The maximum Gasteiger partial charge on any atom is 0.134 e. The van der Waals surface area contributed by atoms with E-state index in [1.165, 1.54) is 0 Å². The molecule has 1 aromatic carbocycles. The van der Waals surface area contributed by atoms with Gasteiger partial charge < -0.3 is 9.88 Å². The molecule has 0 radical (unpaired) electrons. The molecule has 1 aromatic heterocycles. The molecule has 2 aromatic rings. The van der Waals surface area contributed by atoms with E-state index >= 15 is 0 Å². The Morgan fingerprint density at radius 3 is 2.94 bits per heavy atom. The molecular weight excluding hydrogens is 226 g/mol. The zero-order valence-corrected chi connectivity index (χ0v) is 10.5. The molecule has 5 heteroatoms. The van der Waals surface area contributed by atoms with E-state index < -0.39 is 0 Å². The van der Waals surface area contributed by atoms with Crippen LogP contribution in [-0.2, 0) is 13.5 Å². The van der Waals surface area contributed by atoms with E-state index in [9.17, 15) is 0 Å². The van der Waals surface area contributed by atoms with Gasteiger partial charge in [-0.2, -0.15) is 5.26 Å². The number of nitriles is 1. The van der Waals surface area contributed by atoms with Gasteiger partial charge in [-0.05, 0) is 18.6 Å². The molecule has 0 aliphatic carbocycles. The van der Waals surface area contributed by atoms with Crippen molar-refractivity contribution in [2.75, 3.05) is 11.9 Å². The van der Waals surface area contributed by atoms with Crippen molar-refractivity contribution in [2.24, 2.45) is 7.05 Å². The molecule has 0 spiro atoms. The molecule has 0 saturated heterocycles. The van der Waals surface area contributed by atoms with Crippen LogP contribution in [0.15, 0.2) is 24.5 Å². The first-order valence-corrected chi connectivity index (χ1v) is 5.79. The lowest BCUT2D eigenvalue weighted by Gasteiger charge is -2.10. The Bertz CT molecular complexity index is 579. The van der Waals surface area contributed by atoms with Crippen LogP contribution in [0.3, 0.4) is 0 Å². The molecule has 0 saturated carbocycles. The van der Waals surface area contributed by atoms with Gasteiger partial charge in [0, 0.05) is 20.0 Å². The molecule has 0 unspecified atom stereocenters. The van der Waals surface area contributed by atoms with Crippen molar-refractivity contribution in [3.8, 4) is 6.07 Å². The number of nitrogens with one attached hydrogen (secondary N) is 1. The molecule has 2 rings (SSSR count). The van der Waals surface area contributed by atoms with Gasteiger partial charge in [0.15, 0.2) is 0 Å². The molecule has 0 aliphatic rings. The Morgan fingerprint density at radius 2 is 2.28 bits per heavy atom. The van der Waals surface area contributed by atoms with Crippen molar-refractivity contribution < 1.29 is 0 Å². The number of anilines is 1. The summed E-state index contributed by atoms with van der Waals surface area (Å²) < 4.78 is 1.89. The Hall–Kier alpha value is -2.35.